The maximum Gasteiger partial charge on any atom is 0.238 e. The minimum Gasteiger partial charge on any atom is -0.395 e. The molecule has 6 nitrogen and oxygen atoms in total. The molecule has 0 spiro atoms. The Bertz CT molecular complexity index is 510. The molecule has 0 radical (unpaired) electrons. The lowest BCUT2D eigenvalue weighted by atomic mass is 10.1. The van der Waals surface area contributed by atoms with Gasteiger partial charge in [-0.1, -0.05) is 12.1 Å². The summed E-state index contributed by atoms with van der Waals surface area (Å²) in [7, 11) is 0. The van der Waals surface area contributed by atoms with Gasteiger partial charge in [0.2, 0.25) is 5.91 Å². The van der Waals surface area contributed by atoms with Crippen LogP contribution in [-0.2, 0) is 16.0 Å². The van der Waals surface area contributed by atoms with E-state index in [0.29, 0.717) is 31.9 Å². The summed E-state index contributed by atoms with van der Waals surface area (Å²) in [5, 5.41) is 20.7. The van der Waals surface area contributed by atoms with Gasteiger partial charge in [-0.2, -0.15) is 5.26 Å². The van der Waals surface area contributed by atoms with Crippen molar-refractivity contribution in [2.45, 2.75) is 12.5 Å². The zero-order chi connectivity index (χ0) is 15.1. The van der Waals surface area contributed by atoms with Crippen LogP contribution in [0.15, 0.2) is 24.3 Å². The quantitative estimate of drug-likeness (QED) is 0.818. The van der Waals surface area contributed by atoms with Gasteiger partial charge in [0.1, 0.15) is 0 Å². The van der Waals surface area contributed by atoms with E-state index in [1.54, 1.807) is 12.1 Å². The molecule has 1 saturated heterocycles. The molecule has 21 heavy (non-hydrogen) atoms. The normalized spacial score (nSPS) is 19.0. The summed E-state index contributed by atoms with van der Waals surface area (Å²) < 4.78 is 5.28. The van der Waals surface area contributed by atoms with Crippen molar-refractivity contribution in [2.24, 2.45) is 0 Å². The summed E-state index contributed by atoms with van der Waals surface area (Å²) in [6.07, 6.45) is 0.361. The van der Waals surface area contributed by atoms with E-state index in [-0.39, 0.29) is 25.1 Å². The van der Waals surface area contributed by atoms with Crippen LogP contribution in [-0.4, -0.2) is 54.9 Å². The van der Waals surface area contributed by atoms with Crippen LogP contribution in [0, 0.1) is 11.3 Å². The van der Waals surface area contributed by atoms with E-state index in [4.69, 9.17) is 10.00 Å². The second kappa shape index (κ2) is 7.74. The second-order valence-corrected chi connectivity index (χ2v) is 4.96. The minimum absolute atomic E-state index is 0.0177. The largest absolute Gasteiger partial charge is 0.395 e. The molecule has 112 valence electrons. The van der Waals surface area contributed by atoms with E-state index < -0.39 is 0 Å². The standard InChI is InChI=1S/C15H19N3O3/c16-6-5-12-1-3-13(4-2-12)17-15(20)9-18-7-8-21-11-14(18)10-19/h1-4,14,19H,5,7-11H2,(H,17,20). The lowest BCUT2D eigenvalue weighted by Gasteiger charge is -2.33. The fourth-order valence-corrected chi connectivity index (χ4v) is 2.25. The SMILES string of the molecule is N#CCc1ccc(NC(=O)CN2CCOCC2CO)cc1. The Labute approximate surface area is 123 Å². The molecule has 1 aromatic carbocycles. The molecule has 0 aromatic heterocycles. The van der Waals surface area contributed by atoms with Gasteiger partial charge >= 0.3 is 0 Å². The lowest BCUT2D eigenvalue weighted by molar-refractivity contribution is -0.120. The van der Waals surface area contributed by atoms with Crippen molar-refractivity contribution >= 4 is 11.6 Å². The minimum atomic E-state index is -0.123. The molecule has 0 saturated carbocycles. The number of nitrogens with one attached hydrogen (secondary N) is 1. The smallest absolute Gasteiger partial charge is 0.238 e. The highest BCUT2D eigenvalue weighted by Gasteiger charge is 2.24. The first-order valence-corrected chi connectivity index (χ1v) is 6.91. The highest BCUT2D eigenvalue weighted by Crippen LogP contribution is 2.11. The van der Waals surface area contributed by atoms with Crippen molar-refractivity contribution in [1.29, 1.82) is 5.26 Å². The van der Waals surface area contributed by atoms with E-state index in [0.717, 1.165) is 5.56 Å². The molecule has 1 aliphatic rings. The number of carbonyl (C=O) groups excluding carboxylic acids is 1. The van der Waals surface area contributed by atoms with Gasteiger partial charge in [0.15, 0.2) is 0 Å². The van der Waals surface area contributed by atoms with Crippen molar-refractivity contribution < 1.29 is 14.6 Å². The number of amides is 1. The van der Waals surface area contributed by atoms with Gasteiger partial charge in [-0.05, 0) is 17.7 Å². The van der Waals surface area contributed by atoms with Gasteiger partial charge in [-0.15, -0.1) is 0 Å². The highest BCUT2D eigenvalue weighted by molar-refractivity contribution is 5.92. The molecule has 1 amide bonds. The molecule has 1 heterocycles. The third-order valence-corrected chi connectivity index (χ3v) is 3.43. The Morgan fingerprint density at radius 1 is 1.48 bits per heavy atom. The number of hydrogen-bond donors (Lipinski definition) is 2. The van der Waals surface area contributed by atoms with Crippen LogP contribution in [0.25, 0.3) is 0 Å². The molecule has 1 aliphatic heterocycles. The van der Waals surface area contributed by atoms with E-state index in [2.05, 4.69) is 11.4 Å². The molecular weight excluding hydrogens is 270 g/mol. The molecular formula is C15H19N3O3. The van der Waals surface area contributed by atoms with Gasteiger partial charge in [0, 0.05) is 12.2 Å². The molecule has 0 aliphatic carbocycles. The maximum absolute atomic E-state index is 12.0. The van der Waals surface area contributed by atoms with Crippen molar-refractivity contribution in [1.82, 2.24) is 4.90 Å². The van der Waals surface area contributed by atoms with Crippen molar-refractivity contribution in [3.63, 3.8) is 0 Å². The maximum atomic E-state index is 12.0. The number of rotatable bonds is 5. The van der Waals surface area contributed by atoms with Crippen LogP contribution in [0.4, 0.5) is 5.69 Å². The van der Waals surface area contributed by atoms with E-state index in [1.807, 2.05) is 17.0 Å². The van der Waals surface area contributed by atoms with Crippen LogP contribution in [0.2, 0.25) is 0 Å². The number of benzene rings is 1. The Morgan fingerprint density at radius 2 is 2.24 bits per heavy atom. The Balaban J connectivity index is 1.87. The lowest BCUT2D eigenvalue weighted by Crippen LogP contribution is -2.50. The zero-order valence-electron chi connectivity index (χ0n) is 11.8. The fraction of sp³-hybridized carbons (Fsp3) is 0.467. The zero-order valence-corrected chi connectivity index (χ0v) is 11.8. The first-order valence-electron chi connectivity index (χ1n) is 6.91. The molecule has 6 heteroatoms. The van der Waals surface area contributed by atoms with E-state index in [1.165, 1.54) is 0 Å². The molecule has 1 fully saturated rings. The van der Waals surface area contributed by atoms with E-state index in [9.17, 15) is 9.90 Å². The Morgan fingerprint density at radius 3 is 2.90 bits per heavy atom. The first-order chi connectivity index (χ1) is 10.2. The van der Waals surface area contributed by atoms with Gasteiger partial charge in [-0.3, -0.25) is 9.69 Å². The number of aliphatic hydroxyl groups excluding tert-OH is 1. The first kappa shape index (κ1) is 15.4. The van der Waals surface area contributed by atoms with Crippen LogP contribution in [0.3, 0.4) is 0 Å². The van der Waals surface area contributed by atoms with Crippen LogP contribution < -0.4 is 5.32 Å². The summed E-state index contributed by atoms with van der Waals surface area (Å²) in [6, 6.07) is 9.17. The van der Waals surface area contributed by atoms with Gasteiger partial charge in [0.05, 0.1) is 44.9 Å². The number of ether oxygens (including phenoxy) is 1. The predicted molar refractivity (Wildman–Crippen MR) is 77.7 cm³/mol. The van der Waals surface area contributed by atoms with Crippen molar-refractivity contribution in [3.05, 3.63) is 29.8 Å². The third kappa shape index (κ3) is 4.53. The number of nitriles is 1. The van der Waals surface area contributed by atoms with Crippen LogP contribution in [0.5, 0.6) is 0 Å². The molecule has 1 aromatic rings. The van der Waals surface area contributed by atoms with Gasteiger partial charge < -0.3 is 15.2 Å². The average molecular weight is 289 g/mol. The van der Waals surface area contributed by atoms with Crippen molar-refractivity contribution in [3.8, 4) is 6.07 Å². The summed E-state index contributed by atoms with van der Waals surface area (Å²) in [5.74, 6) is -0.122. The summed E-state index contributed by atoms with van der Waals surface area (Å²) in [5.41, 5.74) is 1.62. The van der Waals surface area contributed by atoms with Gasteiger partial charge in [0.25, 0.3) is 0 Å². The average Bonchev–Trinajstić information content (AvgIpc) is 2.50. The van der Waals surface area contributed by atoms with E-state index >= 15 is 0 Å². The molecule has 0 bridgehead atoms. The molecule has 2 rings (SSSR count). The number of aliphatic hydroxyl groups is 1. The van der Waals surface area contributed by atoms with Crippen LogP contribution >= 0.6 is 0 Å². The summed E-state index contributed by atoms with van der Waals surface area (Å²) in [4.78, 5) is 13.9. The predicted octanol–water partition coefficient (Wildman–Crippen LogP) is 0.384. The number of carbonyl (C=O) groups is 1. The number of hydrogen-bond acceptors (Lipinski definition) is 5. The van der Waals surface area contributed by atoms with Crippen molar-refractivity contribution in [2.75, 3.05) is 38.2 Å². The molecule has 2 N–H and O–H groups in total. The highest BCUT2D eigenvalue weighted by atomic mass is 16.5. The number of nitrogens with zero attached hydrogens (tertiary/aromatic N) is 2. The topological polar surface area (TPSA) is 85.6 Å². The Kier molecular flexibility index (Phi) is 5.69. The summed E-state index contributed by atoms with van der Waals surface area (Å²) in [6.45, 7) is 1.88. The summed E-state index contributed by atoms with van der Waals surface area (Å²) >= 11 is 0. The molecule has 1 atom stereocenters. The Hall–Kier alpha value is -1.94. The fourth-order valence-electron chi connectivity index (χ4n) is 2.25. The third-order valence-electron chi connectivity index (χ3n) is 3.43. The number of anilines is 1. The monoisotopic (exact) mass is 289 g/mol. The van der Waals surface area contributed by atoms with Gasteiger partial charge in [-0.25, -0.2) is 0 Å². The number of morpholine rings is 1. The second-order valence-electron chi connectivity index (χ2n) is 4.96. The van der Waals surface area contributed by atoms with Crippen LogP contribution in [0.1, 0.15) is 5.56 Å². The molecule has 1 unspecified atom stereocenters.